The lowest BCUT2D eigenvalue weighted by Crippen LogP contribution is -2.46. The molecule has 2 aliphatic rings. The zero-order valence-corrected chi connectivity index (χ0v) is 13.8. The second-order valence-corrected chi connectivity index (χ2v) is 7.21. The lowest BCUT2D eigenvalue weighted by Gasteiger charge is -2.41. The molecule has 2 fully saturated rings. The van der Waals surface area contributed by atoms with Gasteiger partial charge in [0.15, 0.2) is 0 Å². The largest absolute Gasteiger partial charge is 0.324 e. The van der Waals surface area contributed by atoms with E-state index in [0.29, 0.717) is 5.92 Å². The van der Waals surface area contributed by atoms with Gasteiger partial charge in [-0.1, -0.05) is 51.3 Å². The second kappa shape index (κ2) is 6.72. The van der Waals surface area contributed by atoms with Crippen LogP contribution in [0.25, 0.3) is 0 Å². The summed E-state index contributed by atoms with van der Waals surface area (Å²) < 4.78 is 0. The summed E-state index contributed by atoms with van der Waals surface area (Å²) in [7, 11) is 0. The van der Waals surface area contributed by atoms with Crippen LogP contribution in [-0.2, 0) is 0 Å². The van der Waals surface area contributed by atoms with Gasteiger partial charge in [-0.05, 0) is 42.2 Å². The van der Waals surface area contributed by atoms with Crippen molar-refractivity contribution in [1.82, 2.24) is 4.90 Å². The van der Waals surface area contributed by atoms with Crippen LogP contribution in [0.1, 0.15) is 57.4 Å². The van der Waals surface area contributed by atoms with Crippen LogP contribution in [0.5, 0.6) is 0 Å². The summed E-state index contributed by atoms with van der Waals surface area (Å²) in [4.78, 5) is 14.7. The average Bonchev–Trinajstić information content (AvgIpc) is 2.54. The first-order chi connectivity index (χ1) is 10.6. The first kappa shape index (κ1) is 15.4. The fourth-order valence-corrected chi connectivity index (χ4v) is 4.09. The maximum Gasteiger partial charge on any atom is 0.321 e. The Kier molecular flexibility index (Phi) is 4.70. The molecule has 2 atom stereocenters. The lowest BCUT2D eigenvalue weighted by molar-refractivity contribution is 0.108. The summed E-state index contributed by atoms with van der Waals surface area (Å²) in [5, 5.41) is 3.14. The van der Waals surface area contributed by atoms with Gasteiger partial charge in [-0.25, -0.2) is 4.79 Å². The highest BCUT2D eigenvalue weighted by molar-refractivity contribution is 5.90. The Morgan fingerprint density at radius 3 is 2.64 bits per heavy atom. The molecule has 1 heterocycles. The van der Waals surface area contributed by atoms with Crippen molar-refractivity contribution in [1.29, 1.82) is 0 Å². The minimum Gasteiger partial charge on any atom is -0.324 e. The number of rotatable bonds is 2. The predicted molar refractivity (Wildman–Crippen MR) is 91.2 cm³/mol. The quantitative estimate of drug-likeness (QED) is 0.831. The zero-order valence-electron chi connectivity index (χ0n) is 13.8. The number of para-hydroxylation sites is 1. The number of piperidine rings is 1. The van der Waals surface area contributed by atoms with Gasteiger partial charge in [-0.15, -0.1) is 0 Å². The van der Waals surface area contributed by atoms with Gasteiger partial charge in [-0.2, -0.15) is 0 Å². The van der Waals surface area contributed by atoms with Crippen LogP contribution in [0.4, 0.5) is 10.5 Å². The number of benzene rings is 1. The third-order valence-electron chi connectivity index (χ3n) is 5.40. The van der Waals surface area contributed by atoms with Crippen LogP contribution in [0.2, 0.25) is 0 Å². The molecule has 0 aromatic heterocycles. The molecule has 1 aromatic rings. The van der Waals surface area contributed by atoms with E-state index in [0.717, 1.165) is 30.6 Å². The van der Waals surface area contributed by atoms with Crippen molar-refractivity contribution in [3.8, 4) is 0 Å². The highest BCUT2D eigenvalue weighted by Crippen LogP contribution is 2.36. The van der Waals surface area contributed by atoms with E-state index in [1.54, 1.807) is 0 Å². The molecule has 120 valence electrons. The molecular formula is C19H28N2O. The molecule has 3 heteroatoms. The molecule has 3 nitrogen and oxygen atoms in total. The Morgan fingerprint density at radius 1 is 1.14 bits per heavy atom. The van der Waals surface area contributed by atoms with Gasteiger partial charge in [0, 0.05) is 18.8 Å². The Balaban J connectivity index is 1.65. The smallest absolute Gasteiger partial charge is 0.321 e. The maximum atomic E-state index is 12.6. The Morgan fingerprint density at radius 2 is 1.86 bits per heavy atom. The summed E-state index contributed by atoms with van der Waals surface area (Å²) in [6.45, 7) is 6.19. The molecule has 0 bridgehead atoms. The number of likely N-dealkylation sites (tertiary alicyclic amines) is 1. The number of hydrogen-bond donors (Lipinski definition) is 1. The van der Waals surface area contributed by atoms with Crippen molar-refractivity contribution >= 4 is 11.7 Å². The number of urea groups is 1. The molecule has 1 saturated carbocycles. The standard InChI is InChI=1S/C19H28N2O/c1-14(2)17-9-5-6-10-18(17)20-19(22)21-12-11-15-7-3-4-8-16(15)13-21/h5-6,9-10,14-16H,3-4,7-8,11-13H2,1-2H3,(H,20,22)/t15-,16-/m0/s1. The van der Waals surface area contributed by atoms with Gasteiger partial charge < -0.3 is 10.2 Å². The van der Waals surface area contributed by atoms with Crippen LogP contribution in [0.15, 0.2) is 24.3 Å². The number of fused-ring (bicyclic) bond motifs is 1. The van der Waals surface area contributed by atoms with Crippen molar-refractivity contribution < 1.29 is 4.79 Å². The van der Waals surface area contributed by atoms with E-state index < -0.39 is 0 Å². The molecule has 22 heavy (non-hydrogen) atoms. The van der Waals surface area contributed by atoms with E-state index in [1.165, 1.54) is 37.7 Å². The second-order valence-electron chi connectivity index (χ2n) is 7.21. The molecule has 1 N–H and O–H groups in total. The number of carbonyl (C=O) groups excluding carboxylic acids is 1. The SMILES string of the molecule is CC(C)c1ccccc1NC(=O)N1CC[C@@H]2CCCC[C@H]2C1. The Labute approximate surface area is 134 Å². The minimum absolute atomic E-state index is 0.0807. The third-order valence-corrected chi connectivity index (χ3v) is 5.40. The van der Waals surface area contributed by atoms with E-state index in [9.17, 15) is 4.79 Å². The number of anilines is 1. The molecule has 0 unspecified atom stereocenters. The van der Waals surface area contributed by atoms with Gasteiger partial charge in [-0.3, -0.25) is 0 Å². The van der Waals surface area contributed by atoms with Gasteiger partial charge in [0.25, 0.3) is 0 Å². The summed E-state index contributed by atoms with van der Waals surface area (Å²) >= 11 is 0. The van der Waals surface area contributed by atoms with E-state index in [1.807, 2.05) is 23.1 Å². The number of hydrogen-bond acceptors (Lipinski definition) is 1. The van der Waals surface area contributed by atoms with Gasteiger partial charge in [0.05, 0.1) is 0 Å². The number of nitrogens with one attached hydrogen (secondary N) is 1. The molecule has 1 saturated heterocycles. The van der Waals surface area contributed by atoms with E-state index in [4.69, 9.17) is 0 Å². The average molecular weight is 300 g/mol. The van der Waals surface area contributed by atoms with E-state index >= 15 is 0 Å². The molecule has 1 aliphatic carbocycles. The van der Waals surface area contributed by atoms with Crippen molar-refractivity contribution in [3.63, 3.8) is 0 Å². The summed E-state index contributed by atoms with van der Waals surface area (Å²) in [6, 6.07) is 8.24. The molecule has 0 spiro atoms. The molecule has 1 aliphatic heterocycles. The monoisotopic (exact) mass is 300 g/mol. The summed E-state index contributed by atoms with van der Waals surface area (Å²) in [5.41, 5.74) is 2.18. The third kappa shape index (κ3) is 3.29. The number of amides is 2. The maximum absolute atomic E-state index is 12.6. The van der Waals surface area contributed by atoms with Crippen molar-refractivity contribution in [2.45, 2.75) is 51.9 Å². The molecule has 0 radical (unpaired) electrons. The predicted octanol–water partition coefficient (Wildman–Crippen LogP) is 4.85. The first-order valence-electron chi connectivity index (χ1n) is 8.80. The molecular weight excluding hydrogens is 272 g/mol. The number of carbonyl (C=O) groups is 1. The summed E-state index contributed by atoms with van der Waals surface area (Å²) in [6.07, 6.45) is 6.58. The first-order valence-corrected chi connectivity index (χ1v) is 8.80. The van der Waals surface area contributed by atoms with Crippen LogP contribution in [0, 0.1) is 11.8 Å². The molecule has 2 amide bonds. The Bertz CT molecular complexity index is 526. The minimum atomic E-state index is 0.0807. The van der Waals surface area contributed by atoms with E-state index in [-0.39, 0.29) is 6.03 Å². The van der Waals surface area contributed by atoms with Crippen molar-refractivity contribution in [2.24, 2.45) is 11.8 Å². The highest BCUT2D eigenvalue weighted by Gasteiger charge is 2.33. The van der Waals surface area contributed by atoms with Crippen LogP contribution < -0.4 is 5.32 Å². The normalized spacial score (nSPS) is 25.0. The number of nitrogens with zero attached hydrogens (tertiary/aromatic N) is 1. The summed E-state index contributed by atoms with van der Waals surface area (Å²) in [5.74, 6) is 2.01. The van der Waals surface area contributed by atoms with Gasteiger partial charge >= 0.3 is 6.03 Å². The topological polar surface area (TPSA) is 32.3 Å². The Hall–Kier alpha value is -1.51. The van der Waals surface area contributed by atoms with Crippen LogP contribution in [0.3, 0.4) is 0 Å². The van der Waals surface area contributed by atoms with Gasteiger partial charge in [0.2, 0.25) is 0 Å². The van der Waals surface area contributed by atoms with Crippen molar-refractivity contribution in [3.05, 3.63) is 29.8 Å². The lowest BCUT2D eigenvalue weighted by atomic mass is 9.75. The van der Waals surface area contributed by atoms with Crippen LogP contribution >= 0.6 is 0 Å². The van der Waals surface area contributed by atoms with E-state index in [2.05, 4.69) is 25.2 Å². The fourth-order valence-electron chi connectivity index (χ4n) is 4.09. The van der Waals surface area contributed by atoms with Gasteiger partial charge in [0.1, 0.15) is 0 Å². The van der Waals surface area contributed by atoms with Crippen molar-refractivity contribution in [2.75, 3.05) is 18.4 Å². The molecule has 3 rings (SSSR count). The highest BCUT2D eigenvalue weighted by atomic mass is 16.2. The zero-order chi connectivity index (χ0) is 15.5. The van der Waals surface area contributed by atoms with Crippen LogP contribution in [-0.4, -0.2) is 24.0 Å². The fraction of sp³-hybridized carbons (Fsp3) is 0.632. The molecule has 1 aromatic carbocycles.